The molecule has 1 aromatic rings. The molecule has 0 saturated heterocycles. The van der Waals surface area contributed by atoms with Crippen LogP contribution in [0.4, 0.5) is 5.69 Å². The third-order valence-electron chi connectivity index (χ3n) is 6.04. The highest BCUT2D eigenvalue weighted by atomic mass is 16.5. The quantitative estimate of drug-likeness (QED) is 0.470. The van der Waals surface area contributed by atoms with Crippen molar-refractivity contribution >= 4 is 17.5 Å². The summed E-state index contributed by atoms with van der Waals surface area (Å²) in [5.74, 6) is 1.01. The molecule has 2 aliphatic rings. The number of nitrogens with zero attached hydrogens (tertiary/aromatic N) is 2. The molecule has 2 amide bonds. The third kappa shape index (κ3) is 5.63. The standard InChI is InChI=1S/C24H34N2O4/c1-2-14-26-22-12-11-21(18-19(22)10-13-24(26)29)30-17-6-9-23(28)25(15-16-27)20-7-4-3-5-8-20/h2,11-12,18,20,27H,1,3-10,13-17H2. The Bertz CT molecular complexity index is 743. The monoisotopic (exact) mass is 414 g/mol. The number of carbonyl (C=O) groups excluding carboxylic acids is 2. The lowest BCUT2D eigenvalue weighted by molar-refractivity contribution is -0.135. The minimum atomic E-state index is 0.0131. The van der Waals surface area contributed by atoms with Crippen LogP contribution in [-0.2, 0) is 16.0 Å². The number of fused-ring (bicyclic) bond motifs is 1. The third-order valence-corrected chi connectivity index (χ3v) is 6.04. The maximum atomic E-state index is 12.7. The van der Waals surface area contributed by atoms with E-state index in [1.165, 1.54) is 6.42 Å². The fraction of sp³-hybridized carbons (Fsp3) is 0.583. The van der Waals surface area contributed by atoms with Crippen molar-refractivity contribution in [2.45, 2.75) is 63.8 Å². The van der Waals surface area contributed by atoms with Gasteiger partial charge in [-0.05, 0) is 49.4 Å². The van der Waals surface area contributed by atoms with Crippen molar-refractivity contribution in [3.05, 3.63) is 36.4 Å². The molecule has 0 unspecified atom stereocenters. The van der Waals surface area contributed by atoms with E-state index in [0.717, 1.165) is 49.1 Å². The van der Waals surface area contributed by atoms with Gasteiger partial charge in [0.15, 0.2) is 0 Å². The number of anilines is 1. The summed E-state index contributed by atoms with van der Waals surface area (Å²) in [7, 11) is 0. The number of carbonyl (C=O) groups is 2. The summed E-state index contributed by atoms with van der Waals surface area (Å²) in [4.78, 5) is 28.4. The first-order chi connectivity index (χ1) is 14.6. The summed E-state index contributed by atoms with van der Waals surface area (Å²) >= 11 is 0. The first-order valence-electron chi connectivity index (χ1n) is 11.2. The highest BCUT2D eigenvalue weighted by molar-refractivity contribution is 5.96. The molecular formula is C24H34N2O4. The Kier molecular flexibility index (Phi) is 8.31. The number of hydrogen-bond donors (Lipinski definition) is 1. The minimum Gasteiger partial charge on any atom is -0.494 e. The number of ether oxygens (including phenoxy) is 1. The molecule has 1 heterocycles. The van der Waals surface area contributed by atoms with Crippen molar-refractivity contribution in [2.24, 2.45) is 0 Å². The van der Waals surface area contributed by atoms with Gasteiger partial charge in [-0.1, -0.05) is 25.3 Å². The minimum absolute atomic E-state index is 0.0131. The van der Waals surface area contributed by atoms with Crippen molar-refractivity contribution in [3.63, 3.8) is 0 Å². The van der Waals surface area contributed by atoms with E-state index in [4.69, 9.17) is 4.74 Å². The van der Waals surface area contributed by atoms with Gasteiger partial charge in [0, 0.05) is 37.7 Å². The van der Waals surface area contributed by atoms with E-state index in [1.54, 1.807) is 11.0 Å². The Morgan fingerprint density at radius 2 is 2.07 bits per heavy atom. The molecular weight excluding hydrogens is 380 g/mol. The zero-order valence-electron chi connectivity index (χ0n) is 17.9. The van der Waals surface area contributed by atoms with E-state index in [1.807, 2.05) is 23.1 Å². The number of aliphatic hydroxyl groups excluding tert-OH is 1. The molecule has 1 N–H and O–H groups in total. The molecule has 1 aliphatic carbocycles. The fourth-order valence-electron chi connectivity index (χ4n) is 4.52. The van der Waals surface area contributed by atoms with E-state index in [9.17, 15) is 14.7 Å². The van der Waals surface area contributed by atoms with Crippen LogP contribution in [0.5, 0.6) is 5.75 Å². The summed E-state index contributed by atoms with van der Waals surface area (Å²) in [5, 5.41) is 9.35. The van der Waals surface area contributed by atoms with E-state index in [0.29, 0.717) is 39.0 Å². The summed E-state index contributed by atoms with van der Waals surface area (Å²) in [5.41, 5.74) is 2.04. The van der Waals surface area contributed by atoms with Gasteiger partial charge in [0.25, 0.3) is 0 Å². The van der Waals surface area contributed by atoms with Crippen LogP contribution in [0, 0.1) is 0 Å². The van der Waals surface area contributed by atoms with Crippen LogP contribution in [0.25, 0.3) is 0 Å². The summed E-state index contributed by atoms with van der Waals surface area (Å²) in [6.45, 7) is 5.16. The van der Waals surface area contributed by atoms with Crippen LogP contribution < -0.4 is 9.64 Å². The molecule has 0 radical (unpaired) electrons. The van der Waals surface area contributed by atoms with Gasteiger partial charge in [-0.3, -0.25) is 9.59 Å². The van der Waals surface area contributed by atoms with E-state index < -0.39 is 0 Å². The first-order valence-corrected chi connectivity index (χ1v) is 11.2. The zero-order chi connectivity index (χ0) is 21.3. The first kappa shape index (κ1) is 22.3. The van der Waals surface area contributed by atoms with Crippen molar-refractivity contribution in [2.75, 3.05) is 31.2 Å². The Morgan fingerprint density at radius 3 is 2.80 bits per heavy atom. The van der Waals surface area contributed by atoms with Crippen LogP contribution in [0.3, 0.4) is 0 Å². The Labute approximate surface area is 179 Å². The maximum Gasteiger partial charge on any atom is 0.227 e. The lowest BCUT2D eigenvalue weighted by Crippen LogP contribution is -2.43. The molecule has 30 heavy (non-hydrogen) atoms. The number of aryl methyl sites for hydroxylation is 1. The zero-order valence-corrected chi connectivity index (χ0v) is 17.9. The van der Waals surface area contributed by atoms with Gasteiger partial charge in [-0.2, -0.15) is 0 Å². The van der Waals surface area contributed by atoms with Gasteiger partial charge >= 0.3 is 0 Å². The molecule has 0 atom stereocenters. The van der Waals surface area contributed by atoms with Crippen molar-refractivity contribution < 1.29 is 19.4 Å². The van der Waals surface area contributed by atoms with Crippen molar-refractivity contribution in [1.29, 1.82) is 0 Å². The van der Waals surface area contributed by atoms with Gasteiger partial charge < -0.3 is 19.6 Å². The fourth-order valence-corrected chi connectivity index (χ4v) is 4.52. The topological polar surface area (TPSA) is 70.1 Å². The Morgan fingerprint density at radius 1 is 1.27 bits per heavy atom. The van der Waals surface area contributed by atoms with Crippen LogP contribution >= 0.6 is 0 Å². The molecule has 3 rings (SSSR count). The number of amides is 2. The van der Waals surface area contributed by atoms with Crippen LogP contribution in [0.15, 0.2) is 30.9 Å². The van der Waals surface area contributed by atoms with Gasteiger partial charge in [-0.25, -0.2) is 0 Å². The predicted molar refractivity (Wildman–Crippen MR) is 118 cm³/mol. The van der Waals surface area contributed by atoms with Crippen molar-refractivity contribution in [1.82, 2.24) is 4.90 Å². The molecule has 0 spiro atoms. The van der Waals surface area contributed by atoms with Crippen LogP contribution in [0.2, 0.25) is 0 Å². The van der Waals surface area contributed by atoms with Crippen LogP contribution in [0.1, 0.15) is 56.9 Å². The molecule has 6 nitrogen and oxygen atoms in total. The second-order valence-electron chi connectivity index (χ2n) is 8.14. The van der Waals surface area contributed by atoms with E-state index in [-0.39, 0.29) is 24.5 Å². The average Bonchev–Trinajstić information content (AvgIpc) is 2.77. The lowest BCUT2D eigenvalue weighted by Gasteiger charge is -2.34. The van der Waals surface area contributed by atoms with Gasteiger partial charge in [0.2, 0.25) is 11.8 Å². The number of rotatable bonds is 10. The largest absolute Gasteiger partial charge is 0.494 e. The molecule has 0 bridgehead atoms. The molecule has 1 aliphatic heterocycles. The second-order valence-corrected chi connectivity index (χ2v) is 8.14. The highest BCUT2D eigenvalue weighted by Crippen LogP contribution is 2.31. The number of hydrogen-bond acceptors (Lipinski definition) is 4. The molecule has 0 aromatic heterocycles. The molecule has 1 saturated carbocycles. The highest BCUT2D eigenvalue weighted by Gasteiger charge is 2.25. The Hall–Kier alpha value is -2.34. The van der Waals surface area contributed by atoms with Gasteiger partial charge in [0.05, 0.1) is 13.2 Å². The second kappa shape index (κ2) is 11.2. The predicted octanol–water partition coefficient (Wildman–Crippen LogP) is 3.46. The summed E-state index contributed by atoms with van der Waals surface area (Å²) in [6, 6.07) is 6.10. The summed E-state index contributed by atoms with van der Waals surface area (Å²) in [6.07, 6.45) is 9.69. The molecule has 1 fully saturated rings. The van der Waals surface area contributed by atoms with Crippen LogP contribution in [-0.4, -0.2) is 54.2 Å². The molecule has 1 aromatic carbocycles. The molecule has 6 heteroatoms. The number of benzene rings is 1. The normalized spacial score (nSPS) is 16.8. The van der Waals surface area contributed by atoms with Gasteiger partial charge in [0.1, 0.15) is 5.75 Å². The summed E-state index contributed by atoms with van der Waals surface area (Å²) < 4.78 is 5.89. The van der Waals surface area contributed by atoms with E-state index in [2.05, 4.69) is 6.58 Å². The maximum absolute atomic E-state index is 12.7. The lowest BCUT2D eigenvalue weighted by atomic mass is 9.94. The molecule has 164 valence electrons. The van der Waals surface area contributed by atoms with E-state index >= 15 is 0 Å². The smallest absolute Gasteiger partial charge is 0.227 e. The van der Waals surface area contributed by atoms with Crippen molar-refractivity contribution in [3.8, 4) is 5.75 Å². The number of aliphatic hydroxyl groups is 1. The SMILES string of the molecule is C=CCN1C(=O)CCc2cc(OCCCC(=O)N(CCO)C3CCCCC3)ccc21. The average molecular weight is 415 g/mol. The Balaban J connectivity index is 1.49. The van der Waals surface area contributed by atoms with Gasteiger partial charge in [-0.15, -0.1) is 6.58 Å².